The summed E-state index contributed by atoms with van der Waals surface area (Å²) >= 11 is 0. The highest BCUT2D eigenvalue weighted by Crippen LogP contribution is 2.20. The summed E-state index contributed by atoms with van der Waals surface area (Å²) in [6.07, 6.45) is 1.47. The number of ether oxygens (including phenoxy) is 1. The molecule has 1 saturated heterocycles. The van der Waals surface area contributed by atoms with Gasteiger partial charge in [0, 0.05) is 24.7 Å². The highest BCUT2D eigenvalue weighted by molar-refractivity contribution is 5.94. The third kappa shape index (κ3) is 5.35. The van der Waals surface area contributed by atoms with Gasteiger partial charge in [-0.2, -0.15) is 0 Å². The zero-order chi connectivity index (χ0) is 24.0. The monoisotopic (exact) mass is 468 g/mol. The molecule has 1 aromatic heterocycles. The molecule has 35 heavy (non-hydrogen) atoms. The van der Waals surface area contributed by atoms with E-state index in [0.717, 1.165) is 29.6 Å². The summed E-state index contributed by atoms with van der Waals surface area (Å²) in [7, 11) is 0. The number of hydrogen-bond acceptors (Lipinski definition) is 4. The predicted molar refractivity (Wildman–Crippen MR) is 134 cm³/mol. The Balaban J connectivity index is 1.22. The second-order valence-corrected chi connectivity index (χ2v) is 8.70. The van der Waals surface area contributed by atoms with Crippen molar-refractivity contribution in [3.8, 4) is 5.75 Å². The molecule has 7 nitrogen and oxygen atoms in total. The van der Waals surface area contributed by atoms with Gasteiger partial charge in [0.2, 0.25) is 5.91 Å². The number of imidazole rings is 1. The van der Waals surface area contributed by atoms with E-state index in [1.807, 2.05) is 94.4 Å². The molecule has 2 amide bonds. The molecule has 0 radical (unpaired) electrons. The highest BCUT2D eigenvalue weighted by Gasteiger charge is 2.25. The van der Waals surface area contributed by atoms with E-state index < -0.39 is 0 Å². The van der Waals surface area contributed by atoms with E-state index in [1.165, 1.54) is 0 Å². The molecule has 0 unspecified atom stereocenters. The molecule has 0 bridgehead atoms. The molecule has 1 aliphatic rings. The summed E-state index contributed by atoms with van der Waals surface area (Å²) < 4.78 is 7.88. The number of piperidine rings is 1. The minimum atomic E-state index is -0.0664. The van der Waals surface area contributed by atoms with Crippen LogP contribution in [0, 0.1) is 0 Å². The predicted octanol–water partition coefficient (Wildman–Crippen LogP) is 4.04. The standard InChI is InChI=1S/C28H28N4O3/c33-27(31-17-15-22(16-18-31)29-28(34)21-9-3-1-4-10-21)19-32-25-14-8-7-13-24(25)30-26(32)20-35-23-11-5-2-6-12-23/h1-14,22H,15-20H2,(H,29,34). The van der Waals surface area contributed by atoms with Crippen LogP contribution in [0.2, 0.25) is 0 Å². The molecule has 178 valence electrons. The molecule has 2 heterocycles. The number of rotatable bonds is 7. The number of aromatic nitrogens is 2. The quantitative estimate of drug-likeness (QED) is 0.444. The zero-order valence-corrected chi connectivity index (χ0v) is 19.5. The summed E-state index contributed by atoms with van der Waals surface area (Å²) in [4.78, 5) is 32.3. The number of likely N-dealkylation sites (tertiary alicyclic amines) is 1. The number of hydrogen-bond donors (Lipinski definition) is 1. The summed E-state index contributed by atoms with van der Waals surface area (Å²) in [5.41, 5.74) is 2.41. The molecule has 0 saturated carbocycles. The number of para-hydroxylation sites is 3. The van der Waals surface area contributed by atoms with E-state index in [1.54, 1.807) is 0 Å². The number of benzene rings is 3. The van der Waals surface area contributed by atoms with Gasteiger partial charge in [-0.1, -0.05) is 48.5 Å². The number of carbonyl (C=O) groups excluding carboxylic acids is 2. The molecule has 1 fully saturated rings. The molecule has 0 aliphatic carbocycles. The van der Waals surface area contributed by atoms with Crippen LogP contribution >= 0.6 is 0 Å². The third-order valence-electron chi connectivity index (χ3n) is 6.36. The van der Waals surface area contributed by atoms with Gasteiger partial charge in [0.05, 0.1) is 11.0 Å². The number of fused-ring (bicyclic) bond motifs is 1. The molecule has 1 aliphatic heterocycles. The Morgan fingerprint density at radius 3 is 2.29 bits per heavy atom. The zero-order valence-electron chi connectivity index (χ0n) is 19.5. The molecule has 3 aromatic carbocycles. The van der Waals surface area contributed by atoms with Gasteiger partial charge >= 0.3 is 0 Å². The number of nitrogens with one attached hydrogen (secondary N) is 1. The van der Waals surface area contributed by atoms with Crippen LogP contribution < -0.4 is 10.1 Å². The Bertz CT molecular complexity index is 1300. The fourth-order valence-electron chi connectivity index (χ4n) is 4.44. The lowest BCUT2D eigenvalue weighted by Gasteiger charge is -2.32. The third-order valence-corrected chi connectivity index (χ3v) is 6.36. The fourth-order valence-corrected chi connectivity index (χ4v) is 4.44. The van der Waals surface area contributed by atoms with Gasteiger partial charge in [-0.3, -0.25) is 9.59 Å². The lowest BCUT2D eigenvalue weighted by atomic mass is 10.0. The van der Waals surface area contributed by atoms with E-state index in [2.05, 4.69) is 5.32 Å². The number of amides is 2. The Morgan fingerprint density at radius 1 is 0.886 bits per heavy atom. The molecule has 0 spiro atoms. The van der Waals surface area contributed by atoms with Crippen molar-refractivity contribution in [1.82, 2.24) is 19.8 Å². The highest BCUT2D eigenvalue weighted by atomic mass is 16.5. The largest absolute Gasteiger partial charge is 0.486 e. The Hall–Kier alpha value is -4.13. The van der Waals surface area contributed by atoms with E-state index >= 15 is 0 Å². The number of nitrogens with zero attached hydrogens (tertiary/aromatic N) is 3. The van der Waals surface area contributed by atoms with E-state index in [0.29, 0.717) is 24.5 Å². The van der Waals surface area contributed by atoms with E-state index in [4.69, 9.17) is 9.72 Å². The fraction of sp³-hybridized carbons (Fsp3) is 0.250. The van der Waals surface area contributed by atoms with Crippen LogP contribution in [0.4, 0.5) is 0 Å². The molecule has 5 rings (SSSR count). The Kier molecular flexibility index (Phi) is 6.75. The molecular weight excluding hydrogens is 440 g/mol. The van der Waals surface area contributed by atoms with Crippen LogP contribution in [0.5, 0.6) is 5.75 Å². The van der Waals surface area contributed by atoms with Gasteiger partial charge in [-0.15, -0.1) is 0 Å². The van der Waals surface area contributed by atoms with Crippen molar-refractivity contribution < 1.29 is 14.3 Å². The minimum Gasteiger partial charge on any atom is -0.486 e. The number of carbonyl (C=O) groups is 2. The van der Waals surface area contributed by atoms with Gasteiger partial charge in [0.1, 0.15) is 24.7 Å². The topological polar surface area (TPSA) is 76.5 Å². The second kappa shape index (κ2) is 10.4. The minimum absolute atomic E-state index is 0.0435. The van der Waals surface area contributed by atoms with Crippen molar-refractivity contribution in [2.45, 2.75) is 32.0 Å². The van der Waals surface area contributed by atoms with Crippen LogP contribution in [0.25, 0.3) is 11.0 Å². The summed E-state index contributed by atoms with van der Waals surface area (Å²) in [6.45, 7) is 1.71. The Labute approximate surface area is 204 Å². The maximum atomic E-state index is 13.2. The van der Waals surface area contributed by atoms with Crippen molar-refractivity contribution in [3.63, 3.8) is 0 Å². The smallest absolute Gasteiger partial charge is 0.251 e. The first kappa shape index (κ1) is 22.7. The molecule has 7 heteroatoms. The summed E-state index contributed by atoms with van der Waals surface area (Å²) in [5.74, 6) is 1.45. The van der Waals surface area contributed by atoms with Crippen molar-refractivity contribution in [1.29, 1.82) is 0 Å². The van der Waals surface area contributed by atoms with Crippen LogP contribution in [-0.2, 0) is 17.9 Å². The van der Waals surface area contributed by atoms with Gasteiger partial charge in [-0.25, -0.2) is 4.98 Å². The van der Waals surface area contributed by atoms with Gasteiger partial charge in [0.15, 0.2) is 0 Å². The van der Waals surface area contributed by atoms with E-state index in [-0.39, 0.29) is 31.0 Å². The van der Waals surface area contributed by atoms with Crippen molar-refractivity contribution in [3.05, 3.63) is 96.3 Å². The molecular formula is C28H28N4O3. The van der Waals surface area contributed by atoms with Crippen molar-refractivity contribution >= 4 is 22.8 Å². The molecule has 4 aromatic rings. The van der Waals surface area contributed by atoms with Crippen molar-refractivity contribution in [2.24, 2.45) is 0 Å². The van der Waals surface area contributed by atoms with Gasteiger partial charge in [-0.05, 0) is 49.2 Å². The first-order chi connectivity index (χ1) is 17.2. The molecule has 1 N–H and O–H groups in total. The van der Waals surface area contributed by atoms with Crippen molar-refractivity contribution in [2.75, 3.05) is 13.1 Å². The normalized spacial score (nSPS) is 14.1. The second-order valence-electron chi connectivity index (χ2n) is 8.70. The van der Waals surface area contributed by atoms with Gasteiger partial charge < -0.3 is 19.5 Å². The average molecular weight is 469 g/mol. The Morgan fingerprint density at radius 2 is 1.54 bits per heavy atom. The molecule has 0 atom stereocenters. The van der Waals surface area contributed by atoms with Gasteiger partial charge in [0.25, 0.3) is 5.91 Å². The maximum Gasteiger partial charge on any atom is 0.251 e. The lowest BCUT2D eigenvalue weighted by molar-refractivity contribution is -0.132. The average Bonchev–Trinajstić information content (AvgIpc) is 3.26. The SMILES string of the molecule is O=C(NC1CCN(C(=O)Cn2c(COc3ccccc3)nc3ccccc32)CC1)c1ccccc1. The summed E-state index contributed by atoms with van der Waals surface area (Å²) in [6, 6.07) is 26.7. The van der Waals surface area contributed by atoms with Crippen LogP contribution in [0.1, 0.15) is 29.0 Å². The van der Waals surface area contributed by atoms with Crippen LogP contribution in [0.15, 0.2) is 84.9 Å². The summed E-state index contributed by atoms with van der Waals surface area (Å²) in [5, 5.41) is 3.10. The van der Waals surface area contributed by atoms with E-state index in [9.17, 15) is 9.59 Å². The maximum absolute atomic E-state index is 13.2. The first-order valence-corrected chi connectivity index (χ1v) is 11.9. The first-order valence-electron chi connectivity index (χ1n) is 11.9. The van der Waals surface area contributed by atoms with Crippen LogP contribution in [-0.4, -0.2) is 45.4 Å². The lowest BCUT2D eigenvalue weighted by Crippen LogP contribution is -2.47. The van der Waals surface area contributed by atoms with Crippen LogP contribution in [0.3, 0.4) is 0 Å².